The lowest BCUT2D eigenvalue weighted by atomic mass is 9.74. The third-order valence-corrected chi connectivity index (χ3v) is 5.31. The highest BCUT2D eigenvalue weighted by atomic mass is 16.5. The van der Waals surface area contributed by atoms with Crippen LogP contribution < -0.4 is 5.32 Å². The quantitative estimate of drug-likeness (QED) is 0.853. The van der Waals surface area contributed by atoms with Crippen molar-refractivity contribution in [1.82, 2.24) is 10.2 Å². The Morgan fingerprint density at radius 3 is 2.75 bits per heavy atom. The van der Waals surface area contributed by atoms with Crippen LogP contribution in [0.25, 0.3) is 0 Å². The maximum absolute atomic E-state index is 12.4. The molecule has 2 aliphatic heterocycles. The molecule has 5 nitrogen and oxygen atoms in total. The van der Waals surface area contributed by atoms with Gasteiger partial charge in [-0.05, 0) is 37.8 Å². The molecule has 132 valence electrons. The fraction of sp³-hybridized carbons (Fsp3) is 0.632. The molecule has 1 unspecified atom stereocenters. The molecule has 0 saturated carbocycles. The zero-order valence-corrected chi connectivity index (χ0v) is 14.2. The lowest BCUT2D eigenvalue weighted by molar-refractivity contribution is -0.123. The number of piperidine rings is 1. The Kier molecular flexibility index (Phi) is 5.87. The van der Waals surface area contributed by atoms with E-state index in [4.69, 9.17) is 4.74 Å². The monoisotopic (exact) mass is 332 g/mol. The second-order valence-electron chi connectivity index (χ2n) is 7.07. The topological polar surface area (TPSA) is 61.8 Å². The highest BCUT2D eigenvalue weighted by Crippen LogP contribution is 2.34. The number of aliphatic hydroxyl groups is 1. The largest absolute Gasteiger partial charge is 0.392 e. The van der Waals surface area contributed by atoms with Crippen LogP contribution in [0.5, 0.6) is 0 Å². The van der Waals surface area contributed by atoms with E-state index in [1.54, 1.807) is 0 Å². The minimum absolute atomic E-state index is 0.0312. The SMILES string of the molecule is O=C(CN1CCCC(O)C1)NCC1(c2ccccc2)CCOCC1. The Hall–Kier alpha value is -1.43. The number of rotatable bonds is 5. The molecule has 2 N–H and O–H groups in total. The van der Waals surface area contributed by atoms with Crippen LogP contribution in [-0.4, -0.2) is 61.4 Å². The van der Waals surface area contributed by atoms with Gasteiger partial charge in [0.2, 0.25) is 5.91 Å². The number of carbonyl (C=O) groups is 1. The van der Waals surface area contributed by atoms with Gasteiger partial charge in [0, 0.05) is 31.7 Å². The van der Waals surface area contributed by atoms with Crippen molar-refractivity contribution in [1.29, 1.82) is 0 Å². The van der Waals surface area contributed by atoms with Gasteiger partial charge in [-0.1, -0.05) is 30.3 Å². The zero-order valence-electron chi connectivity index (χ0n) is 14.2. The van der Waals surface area contributed by atoms with Crippen molar-refractivity contribution in [2.45, 2.75) is 37.2 Å². The molecule has 2 saturated heterocycles. The smallest absolute Gasteiger partial charge is 0.234 e. The summed E-state index contributed by atoms with van der Waals surface area (Å²) >= 11 is 0. The summed E-state index contributed by atoms with van der Waals surface area (Å²) in [4.78, 5) is 14.4. The second-order valence-corrected chi connectivity index (χ2v) is 7.07. The van der Waals surface area contributed by atoms with Crippen molar-refractivity contribution in [2.75, 3.05) is 39.4 Å². The number of nitrogens with zero attached hydrogens (tertiary/aromatic N) is 1. The van der Waals surface area contributed by atoms with Crippen molar-refractivity contribution >= 4 is 5.91 Å². The van der Waals surface area contributed by atoms with Gasteiger partial charge >= 0.3 is 0 Å². The minimum atomic E-state index is -0.294. The molecule has 3 rings (SSSR count). The second kappa shape index (κ2) is 8.10. The van der Waals surface area contributed by atoms with E-state index in [1.807, 2.05) is 11.0 Å². The van der Waals surface area contributed by atoms with Crippen LogP contribution >= 0.6 is 0 Å². The third kappa shape index (κ3) is 4.35. The number of likely N-dealkylation sites (tertiary alicyclic amines) is 1. The number of β-amino-alcohol motifs (C(OH)–C–C–N with tert-alkyl or cyclic N) is 1. The number of aliphatic hydroxyl groups excluding tert-OH is 1. The average molecular weight is 332 g/mol. The van der Waals surface area contributed by atoms with E-state index in [0.717, 1.165) is 45.4 Å². The Bertz CT molecular complexity index is 529. The van der Waals surface area contributed by atoms with Crippen LogP contribution in [0, 0.1) is 0 Å². The van der Waals surface area contributed by atoms with Crippen molar-refractivity contribution in [2.24, 2.45) is 0 Å². The molecule has 1 atom stereocenters. The van der Waals surface area contributed by atoms with Crippen LogP contribution in [-0.2, 0) is 14.9 Å². The Balaban J connectivity index is 1.58. The Morgan fingerprint density at radius 1 is 1.29 bits per heavy atom. The minimum Gasteiger partial charge on any atom is -0.392 e. The van der Waals surface area contributed by atoms with Gasteiger partial charge < -0.3 is 15.2 Å². The van der Waals surface area contributed by atoms with Crippen molar-refractivity contribution < 1.29 is 14.6 Å². The summed E-state index contributed by atoms with van der Waals surface area (Å²) in [6.45, 7) is 3.99. The molecule has 5 heteroatoms. The number of nitrogens with one attached hydrogen (secondary N) is 1. The Labute approximate surface area is 144 Å². The highest BCUT2D eigenvalue weighted by Gasteiger charge is 2.34. The third-order valence-electron chi connectivity index (χ3n) is 5.31. The summed E-state index contributed by atoms with van der Waals surface area (Å²) in [6.07, 6.45) is 3.37. The summed E-state index contributed by atoms with van der Waals surface area (Å²) in [5, 5.41) is 12.9. The lowest BCUT2D eigenvalue weighted by Gasteiger charge is -2.38. The van der Waals surface area contributed by atoms with Crippen LogP contribution in [0.4, 0.5) is 0 Å². The standard InChI is InChI=1S/C19H28N2O3/c22-17-7-4-10-21(13-17)14-18(23)20-15-19(8-11-24-12-9-19)16-5-2-1-3-6-16/h1-3,5-6,17,22H,4,7-15H2,(H,20,23). The normalized spacial score (nSPS) is 24.5. The summed E-state index contributed by atoms with van der Waals surface area (Å²) in [5.41, 5.74) is 1.25. The summed E-state index contributed by atoms with van der Waals surface area (Å²) in [5.74, 6) is 0.0471. The lowest BCUT2D eigenvalue weighted by Crippen LogP contribution is -2.48. The zero-order chi connectivity index (χ0) is 16.8. The number of amides is 1. The summed E-state index contributed by atoms with van der Waals surface area (Å²) < 4.78 is 5.54. The van der Waals surface area contributed by atoms with Crippen LogP contribution in [0.15, 0.2) is 30.3 Å². The molecule has 0 aliphatic carbocycles. The number of hydrogen-bond acceptors (Lipinski definition) is 4. The van der Waals surface area contributed by atoms with E-state index < -0.39 is 0 Å². The molecule has 1 amide bonds. The van der Waals surface area contributed by atoms with Gasteiger partial charge in [-0.3, -0.25) is 9.69 Å². The van der Waals surface area contributed by atoms with E-state index >= 15 is 0 Å². The van der Waals surface area contributed by atoms with E-state index in [-0.39, 0.29) is 17.4 Å². The highest BCUT2D eigenvalue weighted by molar-refractivity contribution is 5.78. The van der Waals surface area contributed by atoms with Crippen LogP contribution in [0.3, 0.4) is 0 Å². The predicted octanol–water partition coefficient (Wildman–Crippen LogP) is 1.31. The van der Waals surface area contributed by atoms with Crippen LogP contribution in [0.1, 0.15) is 31.2 Å². The number of hydrogen-bond donors (Lipinski definition) is 2. The summed E-state index contributed by atoms with van der Waals surface area (Å²) in [7, 11) is 0. The number of carbonyl (C=O) groups excluding carboxylic acids is 1. The van der Waals surface area contributed by atoms with Gasteiger partial charge in [0.15, 0.2) is 0 Å². The van der Waals surface area contributed by atoms with E-state index in [9.17, 15) is 9.90 Å². The van der Waals surface area contributed by atoms with E-state index in [1.165, 1.54) is 5.56 Å². The first kappa shape index (κ1) is 17.4. The Morgan fingerprint density at radius 2 is 2.04 bits per heavy atom. The molecule has 1 aromatic rings. The molecule has 1 aromatic carbocycles. The molecule has 2 heterocycles. The van der Waals surface area contributed by atoms with Gasteiger partial charge in [0.1, 0.15) is 0 Å². The molecule has 0 aromatic heterocycles. The maximum atomic E-state index is 12.4. The van der Waals surface area contributed by atoms with Gasteiger partial charge in [-0.25, -0.2) is 0 Å². The molecule has 0 spiro atoms. The average Bonchev–Trinajstić information content (AvgIpc) is 2.62. The maximum Gasteiger partial charge on any atom is 0.234 e. The van der Waals surface area contributed by atoms with Gasteiger partial charge in [0.05, 0.1) is 12.6 Å². The first-order valence-corrected chi connectivity index (χ1v) is 8.98. The fourth-order valence-electron chi connectivity index (χ4n) is 3.82. The molecular weight excluding hydrogens is 304 g/mol. The predicted molar refractivity (Wildman–Crippen MR) is 92.9 cm³/mol. The van der Waals surface area contributed by atoms with Gasteiger partial charge in [0.25, 0.3) is 0 Å². The molecule has 0 radical (unpaired) electrons. The van der Waals surface area contributed by atoms with Crippen molar-refractivity contribution in [3.05, 3.63) is 35.9 Å². The molecule has 0 bridgehead atoms. The molecule has 24 heavy (non-hydrogen) atoms. The number of ether oxygens (including phenoxy) is 1. The van der Waals surface area contributed by atoms with Gasteiger partial charge in [-0.15, -0.1) is 0 Å². The van der Waals surface area contributed by atoms with Crippen molar-refractivity contribution in [3.8, 4) is 0 Å². The molecule has 2 fully saturated rings. The molecule has 2 aliphatic rings. The first-order chi connectivity index (χ1) is 11.7. The van der Waals surface area contributed by atoms with Crippen LogP contribution in [0.2, 0.25) is 0 Å². The first-order valence-electron chi connectivity index (χ1n) is 8.98. The van der Waals surface area contributed by atoms with E-state index in [0.29, 0.717) is 19.6 Å². The summed E-state index contributed by atoms with van der Waals surface area (Å²) in [6, 6.07) is 10.4. The fourth-order valence-corrected chi connectivity index (χ4v) is 3.82. The van der Waals surface area contributed by atoms with Gasteiger partial charge in [-0.2, -0.15) is 0 Å². The molecular formula is C19H28N2O3. The van der Waals surface area contributed by atoms with E-state index in [2.05, 4.69) is 29.6 Å². The van der Waals surface area contributed by atoms with Crippen molar-refractivity contribution in [3.63, 3.8) is 0 Å². The number of benzene rings is 1.